The van der Waals surface area contributed by atoms with Crippen LogP contribution in [0, 0.1) is 6.92 Å². The van der Waals surface area contributed by atoms with E-state index < -0.39 is 0 Å². The minimum atomic E-state index is 0.787. The maximum absolute atomic E-state index is 6.24. The molecule has 0 spiro atoms. The van der Waals surface area contributed by atoms with Gasteiger partial charge in [0.2, 0.25) is 0 Å². The molecule has 0 saturated heterocycles. The second kappa shape index (κ2) is 5.70. The van der Waals surface area contributed by atoms with Crippen LogP contribution < -0.4 is 5.32 Å². The molecule has 1 aromatic carbocycles. The summed E-state index contributed by atoms with van der Waals surface area (Å²) in [5, 5.41) is 9.07. The van der Waals surface area contributed by atoms with Crippen molar-refractivity contribution in [1.29, 1.82) is 0 Å². The Kier molecular flexibility index (Phi) is 3.94. The Hall–Kier alpha value is -1.13. The number of thioether (sulfide) groups is 1. The van der Waals surface area contributed by atoms with E-state index in [9.17, 15) is 0 Å². The molecule has 0 aliphatic carbocycles. The van der Waals surface area contributed by atoms with Gasteiger partial charge in [0.05, 0.1) is 11.4 Å². The molecule has 0 unspecified atom stereocenters. The quantitative estimate of drug-likeness (QED) is 0.934. The summed E-state index contributed by atoms with van der Waals surface area (Å²) < 4.78 is 2.03. The van der Waals surface area contributed by atoms with Gasteiger partial charge in [0.15, 0.2) is 0 Å². The van der Waals surface area contributed by atoms with Crippen LogP contribution in [0.25, 0.3) is 5.69 Å². The third-order valence-corrected chi connectivity index (χ3v) is 4.77. The minimum absolute atomic E-state index is 0.787. The van der Waals surface area contributed by atoms with Crippen LogP contribution in [0.3, 0.4) is 0 Å². The average molecular weight is 308 g/mol. The Labute approximate surface area is 128 Å². The van der Waals surface area contributed by atoms with Crippen LogP contribution in [0.4, 0.5) is 5.82 Å². The molecule has 0 saturated carbocycles. The highest BCUT2D eigenvalue weighted by Gasteiger charge is 2.23. The molecule has 3 rings (SSSR count). The molecule has 5 heteroatoms. The monoisotopic (exact) mass is 307 g/mol. The van der Waals surface area contributed by atoms with E-state index in [0.717, 1.165) is 47.2 Å². The SMILES string of the molecule is CSCCc1nn(-c2cccc(Cl)c2C)c2c1CCN2. The number of nitrogens with zero attached hydrogens (tertiary/aromatic N) is 2. The number of hydrogen-bond acceptors (Lipinski definition) is 3. The van der Waals surface area contributed by atoms with Crippen LogP contribution in [-0.4, -0.2) is 28.3 Å². The highest BCUT2D eigenvalue weighted by molar-refractivity contribution is 7.98. The van der Waals surface area contributed by atoms with Crippen molar-refractivity contribution in [3.63, 3.8) is 0 Å². The maximum atomic E-state index is 6.24. The molecular formula is C15H18ClN3S. The van der Waals surface area contributed by atoms with Gasteiger partial charge in [0, 0.05) is 23.6 Å². The second-order valence-electron chi connectivity index (χ2n) is 4.99. The predicted molar refractivity (Wildman–Crippen MR) is 87.6 cm³/mol. The lowest BCUT2D eigenvalue weighted by Crippen LogP contribution is -2.06. The van der Waals surface area contributed by atoms with Gasteiger partial charge in [-0.05, 0) is 43.0 Å². The lowest BCUT2D eigenvalue weighted by molar-refractivity contribution is 0.830. The van der Waals surface area contributed by atoms with Crippen molar-refractivity contribution >= 4 is 29.2 Å². The molecule has 3 nitrogen and oxygen atoms in total. The molecule has 2 heterocycles. The number of benzene rings is 1. The Morgan fingerprint density at radius 2 is 2.30 bits per heavy atom. The maximum Gasteiger partial charge on any atom is 0.133 e. The van der Waals surface area contributed by atoms with Crippen LogP contribution in [0.1, 0.15) is 16.8 Å². The zero-order valence-electron chi connectivity index (χ0n) is 11.7. The normalized spacial score (nSPS) is 13.3. The van der Waals surface area contributed by atoms with E-state index in [0.29, 0.717) is 0 Å². The molecule has 0 amide bonds. The molecule has 2 aromatic rings. The first-order valence-corrected chi connectivity index (χ1v) is 8.58. The van der Waals surface area contributed by atoms with Gasteiger partial charge in [-0.1, -0.05) is 17.7 Å². The summed E-state index contributed by atoms with van der Waals surface area (Å²) in [5.74, 6) is 2.25. The van der Waals surface area contributed by atoms with Gasteiger partial charge in [-0.25, -0.2) is 4.68 Å². The summed E-state index contributed by atoms with van der Waals surface area (Å²) in [6, 6.07) is 5.98. The Balaban J connectivity index is 2.08. The van der Waals surface area contributed by atoms with Gasteiger partial charge >= 0.3 is 0 Å². The molecule has 1 aliphatic heterocycles. The molecule has 0 radical (unpaired) electrons. The fourth-order valence-corrected chi connectivity index (χ4v) is 3.21. The van der Waals surface area contributed by atoms with Crippen LogP contribution in [0.2, 0.25) is 5.02 Å². The number of hydrogen-bond donors (Lipinski definition) is 1. The van der Waals surface area contributed by atoms with E-state index in [1.165, 1.54) is 11.3 Å². The van der Waals surface area contributed by atoms with Crippen molar-refractivity contribution in [3.8, 4) is 5.69 Å². The summed E-state index contributed by atoms with van der Waals surface area (Å²) in [7, 11) is 0. The summed E-state index contributed by atoms with van der Waals surface area (Å²) >= 11 is 8.10. The zero-order chi connectivity index (χ0) is 14.1. The Morgan fingerprint density at radius 3 is 3.10 bits per heavy atom. The average Bonchev–Trinajstić information content (AvgIpc) is 3.02. The molecule has 20 heavy (non-hydrogen) atoms. The van der Waals surface area contributed by atoms with Crippen molar-refractivity contribution in [1.82, 2.24) is 9.78 Å². The van der Waals surface area contributed by atoms with E-state index in [1.807, 2.05) is 35.5 Å². The number of fused-ring (bicyclic) bond motifs is 1. The van der Waals surface area contributed by atoms with Gasteiger partial charge in [-0.3, -0.25) is 0 Å². The molecule has 106 valence electrons. The molecule has 1 N–H and O–H groups in total. The number of aromatic nitrogens is 2. The van der Waals surface area contributed by atoms with Gasteiger partial charge < -0.3 is 5.32 Å². The van der Waals surface area contributed by atoms with Crippen LogP contribution in [0.15, 0.2) is 18.2 Å². The lowest BCUT2D eigenvalue weighted by Gasteiger charge is -2.10. The van der Waals surface area contributed by atoms with E-state index in [4.69, 9.17) is 16.7 Å². The zero-order valence-corrected chi connectivity index (χ0v) is 13.3. The van der Waals surface area contributed by atoms with Crippen molar-refractivity contribution in [2.45, 2.75) is 19.8 Å². The number of nitrogens with one attached hydrogen (secondary N) is 1. The number of anilines is 1. The molecule has 1 aromatic heterocycles. The standard InChI is InChI=1S/C15H18ClN3S/c1-10-12(16)4-3-5-14(10)19-15-11(6-8-17-15)13(18-19)7-9-20-2/h3-5,17H,6-9H2,1-2H3. The highest BCUT2D eigenvalue weighted by Crippen LogP contribution is 2.31. The summed E-state index contributed by atoms with van der Waals surface area (Å²) in [6.45, 7) is 3.04. The van der Waals surface area contributed by atoms with Crippen LogP contribution in [0.5, 0.6) is 0 Å². The minimum Gasteiger partial charge on any atom is -0.369 e. The van der Waals surface area contributed by atoms with E-state index in [1.54, 1.807) is 0 Å². The number of halogens is 1. The summed E-state index contributed by atoms with van der Waals surface area (Å²) in [5.41, 5.74) is 4.74. The largest absolute Gasteiger partial charge is 0.369 e. The van der Waals surface area contributed by atoms with Crippen LogP contribution in [-0.2, 0) is 12.8 Å². The molecule has 0 fully saturated rings. The topological polar surface area (TPSA) is 29.9 Å². The first kappa shape index (κ1) is 13.8. The summed E-state index contributed by atoms with van der Waals surface area (Å²) in [4.78, 5) is 0. The fraction of sp³-hybridized carbons (Fsp3) is 0.400. The van der Waals surface area contributed by atoms with Gasteiger partial charge in [-0.15, -0.1) is 0 Å². The fourth-order valence-electron chi connectivity index (χ4n) is 2.65. The van der Waals surface area contributed by atoms with Crippen molar-refractivity contribution in [2.24, 2.45) is 0 Å². The first-order valence-electron chi connectivity index (χ1n) is 6.81. The van der Waals surface area contributed by atoms with E-state index >= 15 is 0 Å². The van der Waals surface area contributed by atoms with E-state index in [-0.39, 0.29) is 0 Å². The van der Waals surface area contributed by atoms with Gasteiger partial charge in [0.1, 0.15) is 5.82 Å². The predicted octanol–water partition coefficient (Wildman–Crippen LogP) is 3.71. The molecule has 0 bridgehead atoms. The summed E-state index contributed by atoms with van der Waals surface area (Å²) in [6.07, 6.45) is 4.23. The van der Waals surface area contributed by atoms with Gasteiger partial charge in [-0.2, -0.15) is 16.9 Å². The number of rotatable bonds is 4. The number of aryl methyl sites for hydroxylation is 1. The van der Waals surface area contributed by atoms with E-state index in [2.05, 4.69) is 17.6 Å². The van der Waals surface area contributed by atoms with Crippen molar-refractivity contribution in [2.75, 3.05) is 23.9 Å². The molecule has 1 aliphatic rings. The first-order chi connectivity index (χ1) is 9.72. The van der Waals surface area contributed by atoms with Crippen LogP contribution >= 0.6 is 23.4 Å². The Morgan fingerprint density at radius 1 is 1.45 bits per heavy atom. The smallest absolute Gasteiger partial charge is 0.133 e. The lowest BCUT2D eigenvalue weighted by atomic mass is 10.1. The third kappa shape index (κ3) is 2.31. The van der Waals surface area contributed by atoms with Crippen molar-refractivity contribution in [3.05, 3.63) is 40.0 Å². The van der Waals surface area contributed by atoms with Crippen molar-refractivity contribution < 1.29 is 0 Å². The third-order valence-electron chi connectivity index (χ3n) is 3.74. The molecular weight excluding hydrogens is 290 g/mol. The molecule has 0 atom stereocenters. The Bertz CT molecular complexity index is 636. The van der Waals surface area contributed by atoms with Gasteiger partial charge in [0.25, 0.3) is 0 Å². The second-order valence-corrected chi connectivity index (χ2v) is 6.38. The highest BCUT2D eigenvalue weighted by atomic mass is 35.5.